The largest absolute Gasteiger partial charge is 0.376 e. The fourth-order valence-corrected chi connectivity index (χ4v) is 9.61. The van der Waals surface area contributed by atoms with E-state index >= 15 is 0 Å². The minimum Gasteiger partial charge on any atom is -0.376 e. The van der Waals surface area contributed by atoms with E-state index in [4.69, 9.17) is 4.74 Å². The lowest BCUT2D eigenvalue weighted by atomic mass is 9.44. The highest BCUT2D eigenvalue weighted by molar-refractivity contribution is 5.09. The molecule has 9 atom stereocenters. The highest BCUT2D eigenvalue weighted by Crippen LogP contribution is 2.68. The van der Waals surface area contributed by atoms with Crippen LogP contribution in [0.2, 0.25) is 0 Å². The lowest BCUT2D eigenvalue weighted by Crippen LogP contribution is -2.54. The third-order valence-electron chi connectivity index (χ3n) is 11.3. The molecule has 0 saturated heterocycles. The summed E-state index contributed by atoms with van der Waals surface area (Å²) < 4.78 is 5.92. The maximum Gasteiger partial charge on any atom is 0.106 e. The Balaban J connectivity index is 1.41. The summed E-state index contributed by atoms with van der Waals surface area (Å²) in [5, 5.41) is 10.9. The second-order valence-corrected chi connectivity index (χ2v) is 13.2. The third-order valence-corrected chi connectivity index (χ3v) is 11.3. The van der Waals surface area contributed by atoms with Crippen LogP contribution in [0.3, 0.4) is 0 Å². The normalized spacial score (nSPS) is 45.8. The second kappa shape index (κ2) is 9.65. The van der Waals surface area contributed by atoms with E-state index in [0.717, 1.165) is 41.4 Å². The molecule has 4 aliphatic rings. The molecule has 4 aliphatic carbocycles. The van der Waals surface area contributed by atoms with Crippen molar-refractivity contribution < 1.29 is 9.84 Å². The predicted molar refractivity (Wildman–Crippen MR) is 128 cm³/mol. The van der Waals surface area contributed by atoms with Gasteiger partial charge < -0.3 is 4.74 Å². The molecule has 31 heavy (non-hydrogen) atoms. The molecule has 0 N–H and O–H groups in total. The van der Waals surface area contributed by atoms with Crippen LogP contribution in [-0.2, 0) is 9.84 Å². The van der Waals surface area contributed by atoms with E-state index in [9.17, 15) is 5.11 Å². The van der Waals surface area contributed by atoms with Gasteiger partial charge in [0.05, 0.1) is 12.7 Å². The van der Waals surface area contributed by atoms with Crippen LogP contribution in [0.15, 0.2) is 0 Å². The predicted octanol–water partition coefficient (Wildman–Crippen LogP) is 7.92. The molecule has 4 saturated carbocycles. The molecule has 4 rings (SSSR count). The molecule has 0 aromatic carbocycles. The van der Waals surface area contributed by atoms with Gasteiger partial charge in [0.15, 0.2) is 0 Å². The Kier molecular flexibility index (Phi) is 7.49. The van der Waals surface area contributed by atoms with Crippen molar-refractivity contribution in [1.29, 1.82) is 0 Å². The quantitative estimate of drug-likeness (QED) is 0.383. The maximum absolute atomic E-state index is 10.9. The highest BCUT2D eigenvalue weighted by atomic mass is 16.5. The zero-order valence-corrected chi connectivity index (χ0v) is 21.3. The number of fused-ring (bicyclic) bond motifs is 5. The van der Waals surface area contributed by atoms with E-state index in [2.05, 4.69) is 34.6 Å². The minimum atomic E-state index is -0.0829. The van der Waals surface area contributed by atoms with Gasteiger partial charge in [-0.05, 0) is 110 Å². The van der Waals surface area contributed by atoms with Gasteiger partial charge in [0.1, 0.15) is 6.61 Å². The van der Waals surface area contributed by atoms with Crippen LogP contribution in [0, 0.1) is 52.3 Å². The first-order valence-corrected chi connectivity index (χ1v) is 14.0. The van der Waals surface area contributed by atoms with Crippen LogP contribution in [0.5, 0.6) is 0 Å². The van der Waals surface area contributed by atoms with Crippen molar-refractivity contribution in [3.05, 3.63) is 0 Å². The Hall–Kier alpha value is -0.0800. The van der Waals surface area contributed by atoms with Gasteiger partial charge in [0.2, 0.25) is 0 Å². The van der Waals surface area contributed by atoms with Crippen molar-refractivity contribution in [2.45, 2.75) is 118 Å². The molecule has 0 bridgehead atoms. The van der Waals surface area contributed by atoms with Crippen LogP contribution < -0.4 is 0 Å². The zero-order valence-electron chi connectivity index (χ0n) is 21.3. The third kappa shape index (κ3) is 4.51. The molecule has 4 fully saturated rings. The highest BCUT2D eigenvalue weighted by Gasteiger charge is 2.60. The molecule has 0 heterocycles. The van der Waals surface area contributed by atoms with Crippen molar-refractivity contribution >= 4 is 0 Å². The van der Waals surface area contributed by atoms with E-state index in [0.29, 0.717) is 23.5 Å². The van der Waals surface area contributed by atoms with E-state index in [-0.39, 0.29) is 6.61 Å². The Morgan fingerprint density at radius 1 is 0.871 bits per heavy atom. The van der Waals surface area contributed by atoms with Gasteiger partial charge >= 0.3 is 0 Å². The van der Waals surface area contributed by atoms with E-state index in [1.165, 1.54) is 77.0 Å². The second-order valence-electron chi connectivity index (χ2n) is 13.2. The minimum absolute atomic E-state index is 0.0829. The molecule has 0 aliphatic heterocycles. The van der Waals surface area contributed by atoms with Crippen molar-refractivity contribution in [2.24, 2.45) is 52.3 Å². The molecule has 1 radical (unpaired) electrons. The van der Waals surface area contributed by atoms with Gasteiger partial charge in [-0.3, -0.25) is 0 Å². The fourth-order valence-electron chi connectivity index (χ4n) is 9.61. The first-order valence-electron chi connectivity index (χ1n) is 14.0. The van der Waals surface area contributed by atoms with Gasteiger partial charge in [0, 0.05) is 0 Å². The molecule has 179 valence electrons. The summed E-state index contributed by atoms with van der Waals surface area (Å²) >= 11 is 0. The zero-order chi connectivity index (χ0) is 22.2. The smallest absolute Gasteiger partial charge is 0.106 e. The first kappa shape index (κ1) is 24.1. The van der Waals surface area contributed by atoms with E-state index < -0.39 is 0 Å². The molecule has 0 aromatic heterocycles. The summed E-state index contributed by atoms with van der Waals surface area (Å²) in [6.07, 6.45) is 17.2. The van der Waals surface area contributed by atoms with Crippen molar-refractivity contribution in [2.75, 3.05) is 13.2 Å². The van der Waals surface area contributed by atoms with Gasteiger partial charge in [-0.2, -0.15) is 0 Å². The van der Waals surface area contributed by atoms with Crippen LogP contribution >= 0.6 is 0 Å². The lowest BCUT2D eigenvalue weighted by Gasteiger charge is -2.61. The van der Waals surface area contributed by atoms with Gasteiger partial charge in [0.25, 0.3) is 0 Å². The van der Waals surface area contributed by atoms with Gasteiger partial charge in [-0.25, -0.2) is 5.11 Å². The summed E-state index contributed by atoms with van der Waals surface area (Å²) in [5.41, 5.74) is 1.14. The summed E-state index contributed by atoms with van der Waals surface area (Å²) in [6.45, 7) is 13.0. The fraction of sp³-hybridized carbons (Fsp3) is 1.00. The summed E-state index contributed by atoms with van der Waals surface area (Å²) in [4.78, 5) is 0. The standard InChI is InChI=1S/C29H51O2/c1-20(2)7-6-8-21(3)25-11-12-26-24-10-9-22-19-23(31-18-17-30)13-15-28(22,4)27(24)14-16-29(25,26)5/h20-27H,6-19H2,1-5H3/t21-,22?,23?,24?,25-,26?,27?,28+,29-/m1/s1. The number of rotatable bonds is 8. The first-order chi connectivity index (χ1) is 14.8. The Morgan fingerprint density at radius 2 is 1.61 bits per heavy atom. The number of hydrogen-bond acceptors (Lipinski definition) is 1. The Morgan fingerprint density at radius 3 is 2.35 bits per heavy atom. The lowest BCUT2D eigenvalue weighted by molar-refractivity contribution is -0.138. The van der Waals surface area contributed by atoms with Crippen LogP contribution in [0.1, 0.15) is 112 Å². The van der Waals surface area contributed by atoms with Crippen LogP contribution in [0.4, 0.5) is 0 Å². The van der Waals surface area contributed by atoms with E-state index in [1.54, 1.807) is 0 Å². The van der Waals surface area contributed by atoms with E-state index in [1.807, 2.05) is 0 Å². The summed E-state index contributed by atoms with van der Waals surface area (Å²) in [6, 6.07) is 0. The van der Waals surface area contributed by atoms with Crippen molar-refractivity contribution in [3.63, 3.8) is 0 Å². The molecule has 2 heteroatoms. The Labute approximate surface area is 193 Å². The molecule has 5 unspecified atom stereocenters. The average molecular weight is 432 g/mol. The van der Waals surface area contributed by atoms with Gasteiger partial charge in [-0.15, -0.1) is 0 Å². The number of ether oxygens (including phenoxy) is 1. The molecule has 0 spiro atoms. The van der Waals surface area contributed by atoms with Crippen molar-refractivity contribution in [3.8, 4) is 0 Å². The molecule has 0 amide bonds. The Bertz CT molecular complexity index is 587. The monoisotopic (exact) mass is 431 g/mol. The number of hydrogen-bond donors (Lipinski definition) is 0. The topological polar surface area (TPSA) is 29.1 Å². The maximum atomic E-state index is 10.9. The SMILES string of the molecule is CC(C)CCC[C@@H](C)[C@H]1CCC2C3CCC4CC(OCC[O])CC[C@]4(C)C3CC[C@@]21C. The molecular formula is C29H51O2. The summed E-state index contributed by atoms with van der Waals surface area (Å²) in [5.74, 6) is 6.46. The van der Waals surface area contributed by atoms with Crippen LogP contribution in [0.25, 0.3) is 0 Å². The average Bonchev–Trinajstić information content (AvgIpc) is 3.09. The van der Waals surface area contributed by atoms with Crippen LogP contribution in [-0.4, -0.2) is 19.3 Å². The molecule has 0 aromatic rings. The summed E-state index contributed by atoms with van der Waals surface area (Å²) in [7, 11) is 0. The molecular weight excluding hydrogens is 380 g/mol. The van der Waals surface area contributed by atoms with Crippen molar-refractivity contribution in [1.82, 2.24) is 0 Å². The molecule has 2 nitrogen and oxygen atoms in total. The van der Waals surface area contributed by atoms with Gasteiger partial charge in [-0.1, -0.05) is 53.9 Å².